The minimum absolute atomic E-state index is 0. The molecule has 0 aliphatic carbocycles. The zero-order chi connectivity index (χ0) is 35.8. The molecule has 0 saturated carbocycles. The first-order chi connectivity index (χ1) is 24.2. The summed E-state index contributed by atoms with van der Waals surface area (Å²) in [5.41, 5.74) is 10.2. The number of rotatable bonds is 14. The van der Waals surface area contributed by atoms with Crippen molar-refractivity contribution in [3.05, 3.63) is 72.1 Å². The van der Waals surface area contributed by atoms with Gasteiger partial charge in [-0.3, -0.25) is 19.7 Å². The van der Waals surface area contributed by atoms with Crippen molar-refractivity contribution in [3.63, 3.8) is 0 Å². The number of pyridine rings is 2. The Morgan fingerprint density at radius 1 is 0.712 bits per heavy atom. The average molecular weight is 760 g/mol. The van der Waals surface area contributed by atoms with Crippen LogP contribution in [0, 0.1) is 0 Å². The predicted molar refractivity (Wildman–Crippen MR) is 200 cm³/mol. The third kappa shape index (κ3) is 9.18. The van der Waals surface area contributed by atoms with E-state index in [-0.39, 0.29) is 37.3 Å². The number of piperazine rings is 1. The predicted octanol–water partition coefficient (Wildman–Crippen LogP) is 4.59. The van der Waals surface area contributed by atoms with E-state index in [0.717, 1.165) is 22.3 Å². The van der Waals surface area contributed by atoms with Crippen molar-refractivity contribution in [1.29, 1.82) is 0 Å². The number of halogens is 2. The molecule has 16 heteroatoms. The fourth-order valence-corrected chi connectivity index (χ4v) is 6.02. The summed E-state index contributed by atoms with van der Waals surface area (Å²) in [6.07, 6.45) is 3.42. The third-order valence-electron chi connectivity index (χ3n) is 8.49. The molecule has 0 bridgehead atoms. The summed E-state index contributed by atoms with van der Waals surface area (Å²) in [6.45, 7) is 1.87. The maximum absolute atomic E-state index is 14.0. The van der Waals surface area contributed by atoms with Gasteiger partial charge in [-0.25, -0.2) is 4.79 Å². The van der Waals surface area contributed by atoms with Gasteiger partial charge in [-0.15, -0.1) is 24.8 Å². The van der Waals surface area contributed by atoms with E-state index in [4.69, 9.17) is 34.2 Å². The van der Waals surface area contributed by atoms with E-state index in [1.54, 1.807) is 60.0 Å². The molecule has 5 rings (SSSR count). The Bertz CT molecular complexity index is 1800. The summed E-state index contributed by atoms with van der Waals surface area (Å²) >= 11 is 0. The van der Waals surface area contributed by atoms with Crippen LogP contribution in [0.15, 0.2) is 60.9 Å². The summed E-state index contributed by atoms with van der Waals surface area (Å²) in [4.78, 5) is 38.7. The van der Waals surface area contributed by atoms with Gasteiger partial charge in [0.2, 0.25) is 17.4 Å². The molecule has 1 aliphatic rings. The van der Waals surface area contributed by atoms with Crippen LogP contribution in [0.25, 0.3) is 22.5 Å². The van der Waals surface area contributed by atoms with Crippen LogP contribution in [-0.2, 0) is 17.9 Å². The number of aromatic nitrogens is 2. The van der Waals surface area contributed by atoms with Crippen molar-refractivity contribution in [2.45, 2.75) is 19.1 Å². The molecule has 2 aromatic heterocycles. The number of methoxy groups -OCH3 is 6. The van der Waals surface area contributed by atoms with Crippen LogP contribution in [0.4, 0.5) is 4.79 Å². The number of hydrogen-bond donors (Lipinski definition) is 2. The Morgan fingerprint density at radius 2 is 1.15 bits per heavy atom. The topological polar surface area (TPSA) is 160 Å². The maximum atomic E-state index is 14.0. The maximum Gasteiger partial charge on any atom is 0.312 e. The minimum atomic E-state index is -0.701. The Labute approximate surface area is 315 Å². The highest BCUT2D eigenvalue weighted by Crippen LogP contribution is 2.42. The highest BCUT2D eigenvalue weighted by atomic mass is 35.5. The van der Waals surface area contributed by atoms with Crippen molar-refractivity contribution < 1.29 is 38.0 Å². The van der Waals surface area contributed by atoms with Gasteiger partial charge in [-0.1, -0.05) is 0 Å². The highest BCUT2D eigenvalue weighted by Gasteiger charge is 2.35. The molecule has 1 aliphatic heterocycles. The van der Waals surface area contributed by atoms with E-state index in [1.165, 1.54) is 0 Å². The highest BCUT2D eigenvalue weighted by molar-refractivity contribution is 5.86. The molecule has 280 valence electrons. The van der Waals surface area contributed by atoms with Gasteiger partial charge in [0.05, 0.1) is 54.0 Å². The van der Waals surface area contributed by atoms with Gasteiger partial charge in [-0.2, -0.15) is 0 Å². The second kappa shape index (κ2) is 18.9. The van der Waals surface area contributed by atoms with Gasteiger partial charge in [0.25, 0.3) is 0 Å². The third-order valence-corrected chi connectivity index (χ3v) is 8.49. The molecule has 14 nitrogen and oxygen atoms in total. The molecule has 1 atom stereocenters. The number of ether oxygens (including phenoxy) is 6. The van der Waals surface area contributed by atoms with E-state index < -0.39 is 12.1 Å². The van der Waals surface area contributed by atoms with Crippen molar-refractivity contribution in [2.75, 3.05) is 62.3 Å². The smallest absolute Gasteiger partial charge is 0.312 e. The van der Waals surface area contributed by atoms with Gasteiger partial charge in [-0.05, 0) is 59.7 Å². The molecule has 3 amide bonds. The second-order valence-electron chi connectivity index (χ2n) is 11.4. The monoisotopic (exact) mass is 758 g/mol. The second-order valence-corrected chi connectivity index (χ2v) is 11.4. The van der Waals surface area contributed by atoms with Gasteiger partial charge < -0.3 is 44.4 Å². The van der Waals surface area contributed by atoms with Gasteiger partial charge >= 0.3 is 6.03 Å². The van der Waals surface area contributed by atoms with Gasteiger partial charge in [0.15, 0.2) is 23.0 Å². The van der Waals surface area contributed by atoms with Crippen molar-refractivity contribution in [2.24, 2.45) is 5.73 Å². The SMILES string of the molecule is COc1cc(-c2cc(CN3CCN(Cc4ccnc(-c5cc(OC)c(OC)c(OC)c5)c4)C(CNC(N)=O)C3=O)ccn2)cc(OC)c1OC.Cl.Cl. The number of urea groups is 1. The first-order valence-electron chi connectivity index (χ1n) is 15.8. The van der Waals surface area contributed by atoms with E-state index in [9.17, 15) is 9.59 Å². The van der Waals surface area contributed by atoms with Crippen molar-refractivity contribution in [1.82, 2.24) is 25.1 Å². The van der Waals surface area contributed by atoms with Crippen LogP contribution in [0.5, 0.6) is 34.5 Å². The summed E-state index contributed by atoms with van der Waals surface area (Å²) in [7, 11) is 9.34. The molecular formula is C36H44Cl2N6O8. The Morgan fingerprint density at radius 3 is 1.56 bits per heavy atom. The molecule has 1 saturated heterocycles. The zero-order valence-electron chi connectivity index (χ0n) is 29.8. The fourth-order valence-electron chi connectivity index (χ4n) is 6.02. The lowest BCUT2D eigenvalue weighted by molar-refractivity contribution is -0.142. The van der Waals surface area contributed by atoms with E-state index in [0.29, 0.717) is 72.1 Å². The molecule has 4 aromatic rings. The first-order valence-corrected chi connectivity index (χ1v) is 15.8. The van der Waals surface area contributed by atoms with Gasteiger partial charge in [0, 0.05) is 56.2 Å². The summed E-state index contributed by atoms with van der Waals surface area (Å²) in [6, 6.07) is 13.6. The van der Waals surface area contributed by atoms with E-state index >= 15 is 0 Å². The molecule has 0 spiro atoms. The molecular weight excluding hydrogens is 715 g/mol. The number of hydrogen-bond acceptors (Lipinski definition) is 11. The minimum Gasteiger partial charge on any atom is -0.493 e. The number of amides is 3. The number of carbonyl (C=O) groups is 2. The van der Waals surface area contributed by atoms with Crippen LogP contribution in [-0.4, -0.2) is 100 Å². The van der Waals surface area contributed by atoms with E-state index in [2.05, 4.69) is 15.3 Å². The first kappa shape index (κ1) is 41.2. The number of benzene rings is 2. The molecule has 0 radical (unpaired) electrons. The zero-order valence-corrected chi connectivity index (χ0v) is 31.5. The number of primary amides is 1. The Hall–Kier alpha value is -5.18. The van der Waals surface area contributed by atoms with Crippen LogP contribution in [0.3, 0.4) is 0 Å². The molecule has 1 unspecified atom stereocenters. The molecule has 1 fully saturated rings. The van der Waals surface area contributed by atoms with Gasteiger partial charge in [0.1, 0.15) is 6.04 Å². The number of nitrogens with one attached hydrogen (secondary N) is 1. The largest absolute Gasteiger partial charge is 0.493 e. The molecule has 2 aromatic carbocycles. The van der Waals surface area contributed by atoms with Crippen LogP contribution in [0.2, 0.25) is 0 Å². The van der Waals surface area contributed by atoms with Crippen LogP contribution in [0.1, 0.15) is 11.1 Å². The lowest BCUT2D eigenvalue weighted by Crippen LogP contribution is -2.60. The van der Waals surface area contributed by atoms with Crippen molar-refractivity contribution >= 4 is 36.8 Å². The summed E-state index contributed by atoms with van der Waals surface area (Å²) in [5.74, 6) is 2.88. The standard InChI is InChI=1S/C36H42N6O8.2ClH/c1-45-29-15-24(16-30(46-2)33(29)49-5)26-13-22(7-9-38-26)20-41-11-12-42(35(43)28(41)19-40-36(37)44)21-23-8-10-39-27(14-23)25-17-31(47-3)34(50-6)32(18-25)48-4;;/h7-10,13-18,28H,11-12,19-21H2,1-6H3,(H3,37,40,44);2*1H. The lowest BCUT2D eigenvalue weighted by Gasteiger charge is -2.40. The summed E-state index contributed by atoms with van der Waals surface area (Å²) < 4.78 is 33.0. The molecule has 3 N–H and O–H groups in total. The Kier molecular flexibility index (Phi) is 15.0. The Balaban J connectivity index is 0.00000364. The molecule has 3 heterocycles. The fraction of sp³-hybridized carbons (Fsp3) is 0.333. The number of carbonyl (C=O) groups excluding carboxylic acids is 2. The summed E-state index contributed by atoms with van der Waals surface area (Å²) in [5, 5.41) is 2.63. The number of nitrogens with zero attached hydrogens (tertiary/aromatic N) is 4. The quantitative estimate of drug-likeness (QED) is 0.185. The average Bonchev–Trinajstić information content (AvgIpc) is 3.14. The number of nitrogens with two attached hydrogens (primary N) is 1. The normalized spacial score (nSPS) is 14.0. The van der Waals surface area contributed by atoms with Crippen LogP contribution < -0.4 is 39.5 Å². The molecule has 52 heavy (non-hydrogen) atoms. The van der Waals surface area contributed by atoms with Crippen molar-refractivity contribution in [3.8, 4) is 57.0 Å². The van der Waals surface area contributed by atoms with Crippen LogP contribution >= 0.6 is 24.8 Å². The lowest BCUT2D eigenvalue weighted by atomic mass is 10.0. The van der Waals surface area contributed by atoms with E-state index in [1.807, 2.05) is 53.4 Å².